The maximum absolute atomic E-state index is 12.2. The van der Waals surface area contributed by atoms with Crippen LogP contribution in [0.15, 0.2) is 48.8 Å². The Labute approximate surface area is 138 Å². The summed E-state index contributed by atoms with van der Waals surface area (Å²) < 4.78 is 2.09. The van der Waals surface area contributed by atoms with Crippen LogP contribution in [0.25, 0.3) is 5.69 Å². The van der Waals surface area contributed by atoms with Crippen LogP contribution in [-0.2, 0) is 4.79 Å². The molecular weight excluding hydrogens is 284 g/mol. The second kappa shape index (κ2) is 7.49. The van der Waals surface area contributed by atoms with Gasteiger partial charge in [-0.05, 0) is 48.6 Å². The first-order chi connectivity index (χ1) is 11.2. The van der Waals surface area contributed by atoms with E-state index in [0.29, 0.717) is 12.5 Å². The zero-order chi connectivity index (χ0) is 16.1. The Morgan fingerprint density at radius 2 is 1.78 bits per heavy atom. The van der Waals surface area contributed by atoms with Crippen LogP contribution in [0.4, 0.5) is 0 Å². The fourth-order valence-electron chi connectivity index (χ4n) is 3.41. The van der Waals surface area contributed by atoms with Gasteiger partial charge in [-0.1, -0.05) is 38.3 Å². The molecule has 2 aromatic rings. The van der Waals surface area contributed by atoms with Crippen molar-refractivity contribution < 1.29 is 4.79 Å². The van der Waals surface area contributed by atoms with Crippen LogP contribution in [0, 0.1) is 0 Å². The minimum atomic E-state index is 0.193. The predicted octanol–water partition coefficient (Wildman–Crippen LogP) is 4.42. The summed E-state index contributed by atoms with van der Waals surface area (Å²) in [7, 11) is 0. The molecule has 1 aromatic heterocycles. The van der Waals surface area contributed by atoms with Crippen molar-refractivity contribution in [2.24, 2.45) is 0 Å². The number of rotatable bonds is 5. The first kappa shape index (κ1) is 15.9. The molecule has 1 N–H and O–H groups in total. The summed E-state index contributed by atoms with van der Waals surface area (Å²) in [6.45, 7) is 2.13. The van der Waals surface area contributed by atoms with Crippen molar-refractivity contribution in [1.29, 1.82) is 0 Å². The summed E-state index contributed by atoms with van der Waals surface area (Å²) in [5, 5.41) is 3.21. The number of hydrogen-bond donors (Lipinski definition) is 1. The fraction of sp³-hybridized carbons (Fsp3) is 0.450. The third kappa shape index (κ3) is 4.25. The highest BCUT2D eigenvalue weighted by Gasteiger charge is 2.17. The van der Waals surface area contributed by atoms with Crippen molar-refractivity contribution in [3.05, 3.63) is 54.4 Å². The third-order valence-corrected chi connectivity index (χ3v) is 4.83. The van der Waals surface area contributed by atoms with Crippen LogP contribution >= 0.6 is 0 Å². The van der Waals surface area contributed by atoms with Gasteiger partial charge >= 0.3 is 0 Å². The van der Waals surface area contributed by atoms with E-state index in [4.69, 9.17) is 0 Å². The van der Waals surface area contributed by atoms with Gasteiger partial charge in [0.15, 0.2) is 0 Å². The molecule has 1 aromatic carbocycles. The van der Waals surface area contributed by atoms with Crippen LogP contribution in [0.1, 0.15) is 56.9 Å². The Morgan fingerprint density at radius 1 is 1.13 bits per heavy atom. The van der Waals surface area contributed by atoms with Crippen LogP contribution in [0.3, 0.4) is 0 Å². The van der Waals surface area contributed by atoms with E-state index in [1.807, 2.05) is 24.5 Å². The fourth-order valence-corrected chi connectivity index (χ4v) is 3.41. The van der Waals surface area contributed by atoms with Gasteiger partial charge in [-0.15, -0.1) is 0 Å². The summed E-state index contributed by atoms with van der Waals surface area (Å²) in [5.41, 5.74) is 2.37. The molecule has 0 saturated heterocycles. The Kier molecular flexibility index (Phi) is 5.16. The van der Waals surface area contributed by atoms with Crippen molar-refractivity contribution in [3.8, 4) is 5.69 Å². The van der Waals surface area contributed by atoms with Gasteiger partial charge in [0.2, 0.25) is 5.91 Å². The van der Waals surface area contributed by atoms with Gasteiger partial charge in [0.1, 0.15) is 0 Å². The SMILES string of the molecule is C[C@@H](CC(=O)NC1CCCCC1)c1ccc(-n2cccc2)cc1. The standard InChI is InChI=1S/C20H26N2O/c1-16(15-20(23)21-18-7-3-2-4-8-18)17-9-11-19(12-10-17)22-13-5-6-14-22/h5-6,9-14,16,18H,2-4,7-8,15H2,1H3,(H,21,23)/t16-/m0/s1. The van der Waals surface area contributed by atoms with Gasteiger partial charge in [-0.25, -0.2) is 0 Å². The average Bonchev–Trinajstić information content (AvgIpc) is 3.10. The van der Waals surface area contributed by atoms with Crippen LogP contribution < -0.4 is 5.32 Å². The van der Waals surface area contributed by atoms with Crippen molar-refractivity contribution in [2.75, 3.05) is 0 Å². The second-order valence-corrected chi connectivity index (χ2v) is 6.69. The number of carbonyl (C=O) groups is 1. The van der Waals surface area contributed by atoms with Crippen LogP contribution in [0.5, 0.6) is 0 Å². The van der Waals surface area contributed by atoms with Crippen molar-refractivity contribution >= 4 is 5.91 Å². The molecule has 1 amide bonds. The van der Waals surface area contributed by atoms with E-state index in [0.717, 1.165) is 18.5 Å². The molecule has 1 heterocycles. The van der Waals surface area contributed by atoms with Gasteiger partial charge in [0.05, 0.1) is 0 Å². The molecule has 0 spiro atoms. The highest BCUT2D eigenvalue weighted by molar-refractivity contribution is 5.77. The Morgan fingerprint density at radius 3 is 2.43 bits per heavy atom. The average molecular weight is 310 g/mol. The molecule has 1 fully saturated rings. The molecule has 0 radical (unpaired) electrons. The highest BCUT2D eigenvalue weighted by atomic mass is 16.1. The third-order valence-electron chi connectivity index (χ3n) is 4.83. The zero-order valence-corrected chi connectivity index (χ0v) is 13.9. The topological polar surface area (TPSA) is 34.0 Å². The number of aromatic nitrogens is 1. The van der Waals surface area contributed by atoms with Crippen LogP contribution in [0.2, 0.25) is 0 Å². The van der Waals surface area contributed by atoms with Gasteiger partial charge in [-0.2, -0.15) is 0 Å². The van der Waals surface area contributed by atoms with Crippen molar-refractivity contribution in [2.45, 2.75) is 57.4 Å². The summed E-state index contributed by atoms with van der Waals surface area (Å²) in [6, 6.07) is 12.9. The van der Waals surface area contributed by atoms with E-state index < -0.39 is 0 Å². The Balaban J connectivity index is 1.55. The lowest BCUT2D eigenvalue weighted by Crippen LogP contribution is -2.36. The molecule has 3 heteroatoms. The van der Waals surface area contributed by atoms with E-state index in [-0.39, 0.29) is 11.8 Å². The van der Waals surface area contributed by atoms with Crippen LogP contribution in [-0.4, -0.2) is 16.5 Å². The zero-order valence-electron chi connectivity index (χ0n) is 13.9. The maximum atomic E-state index is 12.2. The Hall–Kier alpha value is -2.03. The normalized spacial score (nSPS) is 16.9. The molecule has 1 atom stereocenters. The highest BCUT2D eigenvalue weighted by Crippen LogP contribution is 2.22. The van der Waals surface area contributed by atoms with Gasteiger partial charge in [0, 0.05) is 30.5 Å². The number of benzene rings is 1. The lowest BCUT2D eigenvalue weighted by molar-refractivity contribution is -0.122. The quantitative estimate of drug-likeness (QED) is 0.871. The molecule has 1 saturated carbocycles. The van der Waals surface area contributed by atoms with Gasteiger partial charge in [-0.3, -0.25) is 4.79 Å². The minimum Gasteiger partial charge on any atom is -0.353 e. The lowest BCUT2D eigenvalue weighted by atomic mass is 9.94. The summed E-state index contributed by atoms with van der Waals surface area (Å²) in [6.07, 6.45) is 10.8. The molecule has 3 rings (SSSR count). The molecule has 0 aliphatic heterocycles. The van der Waals surface area contributed by atoms with Gasteiger partial charge in [0.25, 0.3) is 0 Å². The molecule has 1 aliphatic carbocycles. The predicted molar refractivity (Wildman–Crippen MR) is 93.8 cm³/mol. The largest absolute Gasteiger partial charge is 0.353 e. The van der Waals surface area contributed by atoms with Crippen molar-refractivity contribution in [1.82, 2.24) is 9.88 Å². The van der Waals surface area contributed by atoms with Gasteiger partial charge < -0.3 is 9.88 Å². The molecule has 1 aliphatic rings. The molecular formula is C20H26N2O. The first-order valence-corrected chi connectivity index (χ1v) is 8.75. The first-order valence-electron chi connectivity index (χ1n) is 8.75. The maximum Gasteiger partial charge on any atom is 0.220 e. The monoisotopic (exact) mass is 310 g/mol. The van der Waals surface area contributed by atoms with E-state index in [1.54, 1.807) is 0 Å². The Bertz CT molecular complexity index is 610. The second-order valence-electron chi connectivity index (χ2n) is 6.69. The minimum absolute atomic E-state index is 0.193. The summed E-state index contributed by atoms with van der Waals surface area (Å²) in [5.74, 6) is 0.441. The smallest absolute Gasteiger partial charge is 0.220 e. The molecule has 0 bridgehead atoms. The summed E-state index contributed by atoms with van der Waals surface area (Å²) >= 11 is 0. The summed E-state index contributed by atoms with van der Waals surface area (Å²) in [4.78, 5) is 12.2. The number of carbonyl (C=O) groups excluding carboxylic acids is 1. The molecule has 122 valence electrons. The number of amides is 1. The van der Waals surface area contributed by atoms with E-state index in [9.17, 15) is 4.79 Å². The van der Waals surface area contributed by atoms with E-state index >= 15 is 0 Å². The number of nitrogens with one attached hydrogen (secondary N) is 1. The lowest BCUT2D eigenvalue weighted by Gasteiger charge is -2.23. The number of hydrogen-bond acceptors (Lipinski definition) is 1. The molecule has 0 unspecified atom stereocenters. The number of nitrogens with zero attached hydrogens (tertiary/aromatic N) is 1. The molecule has 3 nitrogen and oxygen atoms in total. The van der Waals surface area contributed by atoms with E-state index in [1.165, 1.54) is 24.8 Å². The molecule has 23 heavy (non-hydrogen) atoms. The van der Waals surface area contributed by atoms with E-state index in [2.05, 4.69) is 41.1 Å². The van der Waals surface area contributed by atoms with Crippen molar-refractivity contribution in [3.63, 3.8) is 0 Å².